The van der Waals surface area contributed by atoms with Gasteiger partial charge in [0.2, 0.25) is 0 Å². The predicted molar refractivity (Wildman–Crippen MR) is 76.9 cm³/mol. The zero-order valence-electron chi connectivity index (χ0n) is 11.0. The lowest BCUT2D eigenvalue weighted by Crippen LogP contribution is -2.29. The molecule has 1 unspecified atom stereocenters. The molecule has 1 aliphatic rings. The van der Waals surface area contributed by atoms with Gasteiger partial charge in [0.1, 0.15) is 0 Å². The summed E-state index contributed by atoms with van der Waals surface area (Å²) in [6.45, 7) is 0.710. The lowest BCUT2D eigenvalue weighted by molar-refractivity contribution is 0.491. The van der Waals surface area contributed by atoms with Crippen molar-refractivity contribution < 1.29 is 8.42 Å². The summed E-state index contributed by atoms with van der Waals surface area (Å²) in [6.07, 6.45) is 4.14. The average Bonchev–Trinajstić information content (AvgIpc) is 2.48. The second-order valence-electron chi connectivity index (χ2n) is 4.93. The SMILES string of the molecule is O=S1(=O)CCC(NCc2ccncc2)c2ccccc21. The minimum Gasteiger partial charge on any atom is -0.306 e. The van der Waals surface area contributed by atoms with Crippen molar-refractivity contribution in [1.29, 1.82) is 0 Å². The smallest absolute Gasteiger partial charge is 0.178 e. The molecule has 2 aromatic rings. The van der Waals surface area contributed by atoms with Gasteiger partial charge in [0.15, 0.2) is 9.84 Å². The Labute approximate surface area is 118 Å². The second kappa shape index (κ2) is 5.34. The third-order valence-corrected chi connectivity index (χ3v) is 5.42. The Bertz CT molecular complexity index is 699. The van der Waals surface area contributed by atoms with Crippen molar-refractivity contribution in [2.75, 3.05) is 5.75 Å². The highest BCUT2D eigenvalue weighted by Gasteiger charge is 2.29. The lowest BCUT2D eigenvalue weighted by Gasteiger charge is -2.26. The minimum absolute atomic E-state index is 0.0860. The fourth-order valence-corrected chi connectivity index (χ4v) is 4.17. The fraction of sp³-hybridized carbons (Fsp3) is 0.267. The molecular formula is C15H16N2O2S. The third kappa shape index (κ3) is 2.59. The van der Waals surface area contributed by atoms with Crippen LogP contribution in [0, 0.1) is 0 Å². The van der Waals surface area contributed by atoms with Crippen LogP contribution in [0.5, 0.6) is 0 Å². The van der Waals surface area contributed by atoms with E-state index in [4.69, 9.17) is 0 Å². The van der Waals surface area contributed by atoms with Crippen LogP contribution in [0.1, 0.15) is 23.6 Å². The van der Waals surface area contributed by atoms with Crippen LogP contribution in [0.25, 0.3) is 0 Å². The Balaban J connectivity index is 1.82. The summed E-state index contributed by atoms with van der Waals surface area (Å²) >= 11 is 0. The number of hydrogen-bond donors (Lipinski definition) is 1. The van der Waals surface area contributed by atoms with Crippen LogP contribution < -0.4 is 5.32 Å². The quantitative estimate of drug-likeness (QED) is 0.939. The molecule has 104 valence electrons. The number of benzene rings is 1. The monoisotopic (exact) mass is 288 g/mol. The first-order valence-corrected chi connectivity index (χ1v) is 8.26. The molecule has 0 aliphatic carbocycles. The number of fused-ring (bicyclic) bond motifs is 1. The average molecular weight is 288 g/mol. The number of sulfone groups is 1. The molecule has 0 bridgehead atoms. The molecule has 0 saturated heterocycles. The molecule has 1 N–H and O–H groups in total. The summed E-state index contributed by atoms with van der Waals surface area (Å²) in [6, 6.07) is 11.3. The van der Waals surface area contributed by atoms with Gasteiger partial charge in [-0.05, 0) is 35.7 Å². The van der Waals surface area contributed by atoms with Gasteiger partial charge < -0.3 is 5.32 Å². The van der Waals surface area contributed by atoms with Crippen molar-refractivity contribution in [2.45, 2.75) is 23.9 Å². The summed E-state index contributed by atoms with van der Waals surface area (Å²) in [7, 11) is -3.11. The van der Waals surface area contributed by atoms with Crippen molar-refractivity contribution in [1.82, 2.24) is 10.3 Å². The van der Waals surface area contributed by atoms with E-state index in [0.29, 0.717) is 17.9 Å². The number of pyridine rings is 1. The van der Waals surface area contributed by atoms with Crippen molar-refractivity contribution in [3.05, 3.63) is 59.9 Å². The van der Waals surface area contributed by atoms with E-state index in [0.717, 1.165) is 11.1 Å². The number of rotatable bonds is 3. The number of hydrogen-bond acceptors (Lipinski definition) is 4. The van der Waals surface area contributed by atoms with Crippen LogP contribution in [0.3, 0.4) is 0 Å². The summed E-state index contributed by atoms with van der Waals surface area (Å²) in [5.74, 6) is 0.206. The van der Waals surface area contributed by atoms with Crippen LogP contribution in [-0.2, 0) is 16.4 Å². The van der Waals surface area contributed by atoms with Gasteiger partial charge in [-0.1, -0.05) is 18.2 Å². The van der Waals surface area contributed by atoms with E-state index in [2.05, 4.69) is 10.3 Å². The Morgan fingerprint density at radius 2 is 1.90 bits per heavy atom. The molecule has 1 aromatic carbocycles. The molecule has 1 aromatic heterocycles. The van der Waals surface area contributed by atoms with Crippen LogP contribution >= 0.6 is 0 Å². The molecular weight excluding hydrogens is 272 g/mol. The Morgan fingerprint density at radius 1 is 1.15 bits per heavy atom. The van der Waals surface area contributed by atoms with Crippen LogP contribution in [0.15, 0.2) is 53.7 Å². The van der Waals surface area contributed by atoms with E-state index in [1.807, 2.05) is 24.3 Å². The zero-order chi connectivity index (χ0) is 14.0. The number of nitrogens with one attached hydrogen (secondary N) is 1. The third-order valence-electron chi connectivity index (χ3n) is 3.61. The molecule has 4 nitrogen and oxygen atoms in total. The maximum Gasteiger partial charge on any atom is 0.178 e. The second-order valence-corrected chi connectivity index (χ2v) is 7.01. The first kappa shape index (κ1) is 13.3. The van der Waals surface area contributed by atoms with Gasteiger partial charge in [-0.25, -0.2) is 8.42 Å². The van der Waals surface area contributed by atoms with Gasteiger partial charge in [0.25, 0.3) is 0 Å². The Kier molecular flexibility index (Phi) is 3.54. The molecule has 5 heteroatoms. The van der Waals surface area contributed by atoms with E-state index in [9.17, 15) is 8.42 Å². The van der Waals surface area contributed by atoms with E-state index in [1.165, 1.54) is 0 Å². The number of aromatic nitrogens is 1. The van der Waals surface area contributed by atoms with E-state index < -0.39 is 9.84 Å². The molecule has 20 heavy (non-hydrogen) atoms. The summed E-state index contributed by atoms with van der Waals surface area (Å²) in [5, 5.41) is 3.44. The summed E-state index contributed by atoms with van der Waals surface area (Å²) in [4.78, 5) is 4.46. The van der Waals surface area contributed by atoms with Crippen LogP contribution in [-0.4, -0.2) is 19.2 Å². The minimum atomic E-state index is -3.11. The Hall–Kier alpha value is -1.72. The normalized spacial score (nSPS) is 20.3. The Morgan fingerprint density at radius 3 is 2.70 bits per heavy atom. The maximum absolute atomic E-state index is 12.1. The van der Waals surface area contributed by atoms with Gasteiger partial charge in [-0.2, -0.15) is 0 Å². The topological polar surface area (TPSA) is 59.1 Å². The largest absolute Gasteiger partial charge is 0.306 e. The molecule has 1 aliphatic heterocycles. The molecule has 0 saturated carbocycles. The molecule has 0 amide bonds. The fourth-order valence-electron chi connectivity index (χ4n) is 2.54. The van der Waals surface area contributed by atoms with Crippen molar-refractivity contribution in [3.8, 4) is 0 Å². The highest BCUT2D eigenvalue weighted by molar-refractivity contribution is 7.91. The first-order chi connectivity index (χ1) is 9.67. The highest BCUT2D eigenvalue weighted by Crippen LogP contribution is 2.31. The summed E-state index contributed by atoms with van der Waals surface area (Å²) in [5.41, 5.74) is 2.03. The van der Waals surface area contributed by atoms with Crippen molar-refractivity contribution in [2.24, 2.45) is 0 Å². The van der Waals surface area contributed by atoms with Crippen LogP contribution in [0.4, 0.5) is 0 Å². The van der Waals surface area contributed by atoms with E-state index in [-0.39, 0.29) is 11.8 Å². The van der Waals surface area contributed by atoms with E-state index in [1.54, 1.807) is 24.5 Å². The first-order valence-electron chi connectivity index (χ1n) is 6.61. The van der Waals surface area contributed by atoms with Gasteiger partial charge in [0.05, 0.1) is 10.6 Å². The molecule has 0 spiro atoms. The van der Waals surface area contributed by atoms with Gasteiger partial charge in [-0.3, -0.25) is 4.98 Å². The van der Waals surface area contributed by atoms with Gasteiger partial charge in [0, 0.05) is 25.0 Å². The predicted octanol–water partition coefficient (Wildman–Crippen LogP) is 2.09. The highest BCUT2D eigenvalue weighted by atomic mass is 32.2. The number of nitrogens with zero attached hydrogens (tertiary/aromatic N) is 1. The molecule has 3 rings (SSSR count). The van der Waals surface area contributed by atoms with Gasteiger partial charge in [-0.15, -0.1) is 0 Å². The molecule has 2 heterocycles. The zero-order valence-corrected chi connectivity index (χ0v) is 11.8. The van der Waals surface area contributed by atoms with E-state index >= 15 is 0 Å². The maximum atomic E-state index is 12.1. The standard InChI is InChI=1S/C15H16N2O2S/c18-20(19)10-7-14(13-3-1-2-4-15(13)20)17-11-12-5-8-16-9-6-12/h1-6,8-9,14,17H,7,10-11H2. The van der Waals surface area contributed by atoms with Gasteiger partial charge >= 0.3 is 0 Å². The van der Waals surface area contributed by atoms with Crippen molar-refractivity contribution in [3.63, 3.8) is 0 Å². The lowest BCUT2D eigenvalue weighted by atomic mass is 10.0. The molecule has 1 atom stereocenters. The van der Waals surface area contributed by atoms with Crippen LogP contribution in [0.2, 0.25) is 0 Å². The molecule has 0 fully saturated rings. The van der Waals surface area contributed by atoms with Crippen molar-refractivity contribution >= 4 is 9.84 Å². The summed E-state index contributed by atoms with van der Waals surface area (Å²) < 4.78 is 24.1. The molecule has 0 radical (unpaired) electrons.